The predicted octanol–water partition coefficient (Wildman–Crippen LogP) is 2.89. The zero-order valence-corrected chi connectivity index (χ0v) is 11.5. The summed E-state index contributed by atoms with van der Waals surface area (Å²) in [5, 5.41) is 11.4. The van der Waals surface area contributed by atoms with E-state index in [4.69, 9.17) is 28.3 Å². The lowest BCUT2D eigenvalue weighted by Crippen LogP contribution is -2.44. The molecule has 0 saturated carbocycles. The van der Waals surface area contributed by atoms with E-state index in [1.165, 1.54) is 6.07 Å². The Bertz CT molecular complexity index is 445. The maximum atomic E-state index is 11.8. The average Bonchev–Trinajstić information content (AvgIpc) is 2.53. The number of carboxylic acids is 1. The fourth-order valence-corrected chi connectivity index (χ4v) is 2.69. The molecular weight excluding hydrogens is 285 g/mol. The number of rotatable bonds is 4. The monoisotopic (exact) mass is 295 g/mol. The number of halogens is 2. The first-order valence-corrected chi connectivity index (χ1v) is 6.38. The van der Waals surface area contributed by atoms with Gasteiger partial charge in [0.2, 0.25) is 0 Å². The summed E-state index contributed by atoms with van der Waals surface area (Å²) in [5.41, 5.74) is 0.202. The molecule has 0 aliphatic rings. The molecule has 4 nitrogen and oxygen atoms in total. The lowest BCUT2D eigenvalue weighted by molar-refractivity contribution is -0.140. The first-order valence-electron chi connectivity index (χ1n) is 4.81. The molecule has 0 bridgehead atoms. The number of amides is 1. The largest absolute Gasteiger partial charge is 0.480 e. The van der Waals surface area contributed by atoms with Crippen molar-refractivity contribution in [2.45, 2.75) is 19.9 Å². The topological polar surface area (TPSA) is 66.4 Å². The fourth-order valence-electron chi connectivity index (χ4n) is 1.23. The Hall–Kier alpha value is -0.780. The number of hydrogen-bond acceptors (Lipinski definition) is 3. The van der Waals surface area contributed by atoms with Crippen molar-refractivity contribution < 1.29 is 14.7 Å². The molecule has 0 spiro atoms. The van der Waals surface area contributed by atoms with Crippen molar-refractivity contribution >= 4 is 46.4 Å². The highest BCUT2D eigenvalue weighted by molar-refractivity contribution is 7.20. The molecule has 0 unspecified atom stereocenters. The van der Waals surface area contributed by atoms with Crippen LogP contribution in [0.15, 0.2) is 6.07 Å². The van der Waals surface area contributed by atoms with E-state index < -0.39 is 17.9 Å². The van der Waals surface area contributed by atoms with Crippen LogP contribution in [0.25, 0.3) is 0 Å². The van der Waals surface area contributed by atoms with Crippen molar-refractivity contribution in [2.75, 3.05) is 0 Å². The zero-order chi connectivity index (χ0) is 13.2. The molecule has 1 aromatic heterocycles. The van der Waals surface area contributed by atoms with Crippen LogP contribution in [0, 0.1) is 5.92 Å². The lowest BCUT2D eigenvalue weighted by atomic mass is 10.0. The second-order valence-corrected chi connectivity index (χ2v) is 6.06. The van der Waals surface area contributed by atoms with Crippen LogP contribution in [0.1, 0.15) is 24.2 Å². The summed E-state index contributed by atoms with van der Waals surface area (Å²) in [7, 11) is 0. The van der Waals surface area contributed by atoms with Gasteiger partial charge in [-0.15, -0.1) is 11.3 Å². The van der Waals surface area contributed by atoms with E-state index in [2.05, 4.69) is 5.32 Å². The molecule has 1 rings (SSSR count). The normalized spacial score (nSPS) is 12.5. The minimum absolute atomic E-state index is 0.202. The Morgan fingerprint density at radius 2 is 2.00 bits per heavy atom. The second kappa shape index (κ2) is 5.71. The molecule has 0 aliphatic heterocycles. The Morgan fingerprint density at radius 1 is 1.41 bits per heavy atom. The van der Waals surface area contributed by atoms with E-state index in [-0.39, 0.29) is 15.8 Å². The van der Waals surface area contributed by atoms with Crippen molar-refractivity contribution in [1.82, 2.24) is 5.32 Å². The van der Waals surface area contributed by atoms with Gasteiger partial charge in [0, 0.05) is 0 Å². The smallest absolute Gasteiger partial charge is 0.326 e. The Labute approximate surface area is 113 Å². The van der Waals surface area contributed by atoms with E-state index in [1.54, 1.807) is 13.8 Å². The van der Waals surface area contributed by atoms with E-state index in [0.717, 1.165) is 11.3 Å². The number of carboxylic acid groups (broad SMARTS) is 1. The number of aliphatic carboxylic acids is 1. The van der Waals surface area contributed by atoms with Crippen molar-refractivity contribution in [3.05, 3.63) is 20.3 Å². The molecule has 0 aliphatic carbocycles. The highest BCUT2D eigenvalue weighted by Gasteiger charge is 2.25. The molecule has 17 heavy (non-hydrogen) atoms. The average molecular weight is 296 g/mol. The minimum atomic E-state index is -1.08. The van der Waals surface area contributed by atoms with Crippen molar-refractivity contribution in [3.8, 4) is 0 Å². The minimum Gasteiger partial charge on any atom is -0.480 e. The molecule has 1 amide bonds. The van der Waals surface area contributed by atoms with Crippen LogP contribution in [0.3, 0.4) is 0 Å². The molecule has 7 heteroatoms. The van der Waals surface area contributed by atoms with E-state index in [9.17, 15) is 9.59 Å². The summed E-state index contributed by atoms with van der Waals surface area (Å²) in [6, 6.07) is 0.473. The van der Waals surface area contributed by atoms with Crippen LogP contribution < -0.4 is 5.32 Å². The molecule has 1 atom stereocenters. The van der Waals surface area contributed by atoms with Gasteiger partial charge in [-0.1, -0.05) is 37.0 Å². The van der Waals surface area contributed by atoms with Gasteiger partial charge in [-0.2, -0.15) is 0 Å². The Balaban J connectivity index is 2.85. The summed E-state index contributed by atoms with van der Waals surface area (Å²) < 4.78 is 0.636. The van der Waals surface area contributed by atoms with Crippen LogP contribution in [-0.2, 0) is 4.79 Å². The number of nitrogens with one attached hydrogen (secondary N) is 1. The third kappa shape index (κ3) is 3.59. The maximum Gasteiger partial charge on any atom is 0.326 e. The standard InChI is InChI=1S/C10H11Cl2NO3S/c1-4(2)7(10(15)16)13-9(14)5-3-6(11)17-8(5)12/h3-4,7H,1-2H3,(H,13,14)(H,15,16)/t7-/m1/s1. The van der Waals surface area contributed by atoms with E-state index >= 15 is 0 Å². The van der Waals surface area contributed by atoms with Crippen LogP contribution in [0.2, 0.25) is 8.67 Å². The van der Waals surface area contributed by atoms with Gasteiger partial charge in [-0.25, -0.2) is 4.79 Å². The molecule has 0 aromatic carbocycles. The van der Waals surface area contributed by atoms with Crippen molar-refractivity contribution in [2.24, 2.45) is 5.92 Å². The quantitative estimate of drug-likeness (QED) is 0.897. The van der Waals surface area contributed by atoms with E-state index in [0.29, 0.717) is 4.34 Å². The van der Waals surface area contributed by atoms with E-state index in [1.807, 2.05) is 0 Å². The van der Waals surface area contributed by atoms with Crippen molar-refractivity contribution in [1.29, 1.82) is 0 Å². The molecule has 2 N–H and O–H groups in total. The second-order valence-electron chi connectivity index (χ2n) is 3.77. The third-order valence-electron chi connectivity index (χ3n) is 2.12. The van der Waals surface area contributed by atoms with Gasteiger partial charge in [-0.05, 0) is 12.0 Å². The van der Waals surface area contributed by atoms with Gasteiger partial charge < -0.3 is 10.4 Å². The third-order valence-corrected chi connectivity index (χ3v) is 3.61. The van der Waals surface area contributed by atoms with Crippen LogP contribution in [0.5, 0.6) is 0 Å². The molecular formula is C10H11Cl2NO3S. The van der Waals surface area contributed by atoms with Gasteiger partial charge in [0.15, 0.2) is 0 Å². The van der Waals surface area contributed by atoms with Gasteiger partial charge in [0.05, 0.1) is 9.90 Å². The summed E-state index contributed by atoms with van der Waals surface area (Å²) in [6.45, 7) is 3.42. The molecule has 0 fully saturated rings. The Kier molecular flexibility index (Phi) is 4.80. The van der Waals surface area contributed by atoms with Gasteiger partial charge in [-0.3, -0.25) is 4.79 Å². The number of thiophene rings is 1. The highest BCUT2D eigenvalue weighted by Crippen LogP contribution is 2.31. The van der Waals surface area contributed by atoms with Gasteiger partial charge in [0.25, 0.3) is 5.91 Å². The van der Waals surface area contributed by atoms with Crippen LogP contribution in [0.4, 0.5) is 0 Å². The summed E-state index contributed by atoms with van der Waals surface area (Å²) in [5.74, 6) is -1.82. The van der Waals surface area contributed by atoms with Crippen molar-refractivity contribution in [3.63, 3.8) is 0 Å². The molecule has 0 radical (unpaired) electrons. The lowest BCUT2D eigenvalue weighted by Gasteiger charge is -2.17. The molecule has 1 heterocycles. The molecule has 1 aromatic rings. The first kappa shape index (κ1) is 14.3. The van der Waals surface area contributed by atoms with Crippen LogP contribution in [-0.4, -0.2) is 23.0 Å². The molecule has 0 saturated heterocycles. The Morgan fingerprint density at radius 3 is 2.35 bits per heavy atom. The first-order chi connectivity index (χ1) is 7.82. The molecule has 94 valence electrons. The summed E-state index contributed by atoms with van der Waals surface area (Å²) >= 11 is 12.6. The van der Waals surface area contributed by atoms with Gasteiger partial charge in [0.1, 0.15) is 10.4 Å². The van der Waals surface area contributed by atoms with Gasteiger partial charge >= 0.3 is 5.97 Å². The highest BCUT2D eigenvalue weighted by atomic mass is 35.5. The summed E-state index contributed by atoms with van der Waals surface area (Å²) in [6.07, 6.45) is 0. The fraction of sp³-hybridized carbons (Fsp3) is 0.400. The zero-order valence-electron chi connectivity index (χ0n) is 9.16. The number of hydrogen-bond donors (Lipinski definition) is 2. The number of carbonyl (C=O) groups is 2. The summed E-state index contributed by atoms with van der Waals surface area (Å²) in [4.78, 5) is 22.7. The maximum absolute atomic E-state index is 11.8. The predicted molar refractivity (Wildman–Crippen MR) is 68.1 cm³/mol. The van der Waals surface area contributed by atoms with Crippen LogP contribution >= 0.6 is 34.5 Å². The SMILES string of the molecule is CC(C)[C@@H](NC(=O)c1cc(Cl)sc1Cl)C(=O)O. The number of carbonyl (C=O) groups excluding carboxylic acids is 1.